The highest BCUT2D eigenvalue weighted by Gasteiger charge is 2.15. The Morgan fingerprint density at radius 1 is 0.963 bits per heavy atom. The summed E-state index contributed by atoms with van der Waals surface area (Å²) >= 11 is 0. The maximum Gasteiger partial charge on any atom is 0.261 e. The number of nitrogens with zero attached hydrogens (tertiary/aromatic N) is 1. The van der Waals surface area contributed by atoms with Gasteiger partial charge in [-0.3, -0.25) is 9.52 Å². The Bertz CT molecular complexity index is 1050. The van der Waals surface area contributed by atoms with E-state index in [-0.39, 0.29) is 16.1 Å². The van der Waals surface area contributed by atoms with Crippen molar-refractivity contribution < 1.29 is 17.6 Å². The summed E-state index contributed by atoms with van der Waals surface area (Å²) in [6.07, 6.45) is 1.63. The van der Waals surface area contributed by atoms with Crippen molar-refractivity contribution in [2.45, 2.75) is 11.8 Å². The second kappa shape index (κ2) is 7.55. The highest BCUT2D eigenvalue weighted by atomic mass is 32.2. The Balaban J connectivity index is 1.72. The molecule has 0 aliphatic heterocycles. The van der Waals surface area contributed by atoms with Crippen LogP contribution in [0.15, 0.2) is 71.8 Å². The summed E-state index contributed by atoms with van der Waals surface area (Å²) < 4.78 is 40.0. The van der Waals surface area contributed by atoms with Gasteiger partial charge < -0.3 is 5.32 Å². The summed E-state index contributed by atoms with van der Waals surface area (Å²) in [5.74, 6) is -0.460. The molecular weight excluding hydrogens is 369 g/mol. The zero-order valence-electron chi connectivity index (χ0n) is 14.3. The summed E-state index contributed by atoms with van der Waals surface area (Å²) in [4.78, 5) is 16.3. The lowest BCUT2D eigenvalue weighted by Crippen LogP contribution is -2.15. The van der Waals surface area contributed by atoms with Gasteiger partial charge in [-0.05, 0) is 67.1 Å². The van der Waals surface area contributed by atoms with Gasteiger partial charge in [0.2, 0.25) is 0 Å². The monoisotopic (exact) mass is 385 g/mol. The van der Waals surface area contributed by atoms with Crippen LogP contribution in [-0.2, 0) is 10.0 Å². The Labute approximate surface area is 156 Å². The van der Waals surface area contributed by atoms with Crippen LogP contribution in [0, 0.1) is 12.7 Å². The van der Waals surface area contributed by atoms with Crippen molar-refractivity contribution in [3.63, 3.8) is 0 Å². The van der Waals surface area contributed by atoms with Crippen LogP contribution in [0.1, 0.15) is 15.9 Å². The van der Waals surface area contributed by atoms with Gasteiger partial charge in [0.1, 0.15) is 11.6 Å². The first-order valence-corrected chi connectivity index (χ1v) is 9.44. The van der Waals surface area contributed by atoms with Gasteiger partial charge >= 0.3 is 0 Å². The predicted octanol–water partition coefficient (Wildman–Crippen LogP) is 3.58. The molecule has 0 bridgehead atoms. The molecular formula is C19H16FN3O3S. The third-order valence-electron chi connectivity index (χ3n) is 3.68. The molecule has 0 saturated carbocycles. The molecule has 0 saturated heterocycles. The molecule has 0 spiro atoms. The molecule has 0 atom stereocenters. The summed E-state index contributed by atoms with van der Waals surface area (Å²) in [5, 5.41) is 2.64. The molecule has 1 aromatic heterocycles. The lowest BCUT2D eigenvalue weighted by atomic mass is 10.2. The smallest absolute Gasteiger partial charge is 0.261 e. The van der Waals surface area contributed by atoms with Gasteiger partial charge in [0.25, 0.3) is 15.9 Å². The van der Waals surface area contributed by atoms with E-state index in [2.05, 4.69) is 15.0 Å². The van der Waals surface area contributed by atoms with Gasteiger partial charge in [0, 0.05) is 17.4 Å². The molecule has 0 aliphatic rings. The summed E-state index contributed by atoms with van der Waals surface area (Å²) in [7, 11) is -3.85. The number of amides is 1. The molecule has 27 heavy (non-hydrogen) atoms. The van der Waals surface area contributed by atoms with Gasteiger partial charge in [-0.25, -0.2) is 17.8 Å². The van der Waals surface area contributed by atoms with E-state index in [4.69, 9.17) is 0 Å². The molecule has 8 heteroatoms. The molecule has 2 N–H and O–H groups in total. The predicted molar refractivity (Wildman–Crippen MR) is 101 cm³/mol. The normalized spacial score (nSPS) is 11.0. The number of nitrogens with one attached hydrogen (secondary N) is 2. The number of hydrogen-bond acceptors (Lipinski definition) is 4. The largest absolute Gasteiger partial charge is 0.307 e. The van der Waals surface area contributed by atoms with E-state index in [9.17, 15) is 17.6 Å². The second-order valence-corrected chi connectivity index (χ2v) is 7.49. The SMILES string of the molecule is Cc1ccc(NC(=O)c2ccc(S(=O)(=O)Nc3ccc(F)cc3)cc2)nc1. The highest BCUT2D eigenvalue weighted by Crippen LogP contribution is 2.17. The number of carbonyl (C=O) groups excluding carboxylic acids is 1. The highest BCUT2D eigenvalue weighted by molar-refractivity contribution is 7.92. The van der Waals surface area contributed by atoms with E-state index < -0.39 is 21.7 Å². The Morgan fingerprint density at radius 3 is 2.22 bits per heavy atom. The fourth-order valence-corrected chi connectivity index (χ4v) is 3.31. The fraction of sp³-hybridized carbons (Fsp3) is 0.0526. The maximum absolute atomic E-state index is 12.9. The first-order valence-electron chi connectivity index (χ1n) is 7.96. The van der Waals surface area contributed by atoms with Gasteiger partial charge in [0.05, 0.1) is 4.90 Å². The fourth-order valence-electron chi connectivity index (χ4n) is 2.25. The van der Waals surface area contributed by atoms with Crippen molar-refractivity contribution in [1.82, 2.24) is 4.98 Å². The Hall–Kier alpha value is -3.26. The molecule has 1 heterocycles. The van der Waals surface area contributed by atoms with E-state index >= 15 is 0 Å². The van der Waals surface area contributed by atoms with Crippen molar-refractivity contribution in [3.8, 4) is 0 Å². The van der Waals surface area contributed by atoms with Crippen LogP contribution in [0.4, 0.5) is 15.9 Å². The van der Waals surface area contributed by atoms with Crippen LogP contribution < -0.4 is 10.0 Å². The molecule has 138 valence electrons. The third-order valence-corrected chi connectivity index (χ3v) is 5.07. The standard InChI is InChI=1S/C19H16FN3O3S/c1-13-2-11-18(21-12-13)22-19(24)14-3-9-17(10-4-14)27(25,26)23-16-7-5-15(20)6-8-16/h2-12,23H,1H3,(H,21,22,24). The number of carbonyl (C=O) groups is 1. The number of hydrogen-bond donors (Lipinski definition) is 2. The quantitative estimate of drug-likeness (QED) is 0.703. The summed E-state index contributed by atoms with van der Waals surface area (Å²) in [6.45, 7) is 1.89. The number of rotatable bonds is 5. The number of pyridine rings is 1. The van der Waals surface area contributed by atoms with E-state index in [1.165, 1.54) is 36.4 Å². The van der Waals surface area contributed by atoms with Gasteiger partial charge in [0.15, 0.2) is 0 Å². The number of aromatic nitrogens is 1. The zero-order valence-corrected chi connectivity index (χ0v) is 15.1. The van der Waals surface area contributed by atoms with E-state index in [1.807, 2.05) is 13.0 Å². The van der Waals surface area contributed by atoms with Crippen molar-refractivity contribution in [2.75, 3.05) is 10.0 Å². The summed E-state index contributed by atoms with van der Waals surface area (Å²) in [5.41, 5.74) is 1.50. The minimum atomic E-state index is -3.85. The van der Waals surface area contributed by atoms with Crippen molar-refractivity contribution in [2.24, 2.45) is 0 Å². The van der Waals surface area contributed by atoms with Crippen LogP contribution in [0.5, 0.6) is 0 Å². The third kappa shape index (κ3) is 4.68. The molecule has 0 fully saturated rings. The van der Waals surface area contributed by atoms with Crippen LogP contribution in [-0.4, -0.2) is 19.3 Å². The molecule has 2 aromatic carbocycles. The Morgan fingerprint density at radius 2 is 1.63 bits per heavy atom. The van der Waals surface area contributed by atoms with Crippen LogP contribution in [0.3, 0.4) is 0 Å². The Kier molecular flexibility index (Phi) is 5.18. The number of anilines is 2. The van der Waals surface area contributed by atoms with Crippen LogP contribution in [0.25, 0.3) is 0 Å². The zero-order chi connectivity index (χ0) is 19.4. The van der Waals surface area contributed by atoms with Crippen molar-refractivity contribution in [3.05, 3.63) is 83.8 Å². The van der Waals surface area contributed by atoms with E-state index in [0.29, 0.717) is 5.82 Å². The van der Waals surface area contributed by atoms with Gasteiger partial charge in [-0.2, -0.15) is 0 Å². The van der Waals surface area contributed by atoms with Crippen molar-refractivity contribution >= 4 is 27.4 Å². The molecule has 0 aliphatic carbocycles. The summed E-state index contributed by atoms with van der Waals surface area (Å²) in [6, 6.07) is 13.9. The number of sulfonamides is 1. The molecule has 1 amide bonds. The van der Waals surface area contributed by atoms with Crippen LogP contribution in [0.2, 0.25) is 0 Å². The minimum absolute atomic E-state index is 0.0168. The molecule has 3 rings (SSSR count). The molecule has 3 aromatic rings. The molecule has 0 unspecified atom stereocenters. The van der Waals surface area contributed by atoms with E-state index in [0.717, 1.165) is 17.7 Å². The molecule has 0 radical (unpaired) electrons. The van der Waals surface area contributed by atoms with E-state index in [1.54, 1.807) is 12.3 Å². The number of halogens is 1. The number of benzene rings is 2. The first-order chi connectivity index (χ1) is 12.8. The van der Waals surface area contributed by atoms with Gasteiger partial charge in [-0.1, -0.05) is 6.07 Å². The lowest BCUT2D eigenvalue weighted by Gasteiger charge is -2.09. The van der Waals surface area contributed by atoms with Crippen LogP contribution >= 0.6 is 0 Å². The first kappa shape index (κ1) is 18.5. The average Bonchev–Trinajstić information content (AvgIpc) is 2.65. The average molecular weight is 385 g/mol. The van der Waals surface area contributed by atoms with Gasteiger partial charge in [-0.15, -0.1) is 0 Å². The molecule has 6 nitrogen and oxygen atoms in total. The minimum Gasteiger partial charge on any atom is -0.307 e. The number of aryl methyl sites for hydroxylation is 1. The lowest BCUT2D eigenvalue weighted by molar-refractivity contribution is 0.102. The topological polar surface area (TPSA) is 88.2 Å². The second-order valence-electron chi connectivity index (χ2n) is 5.81. The van der Waals surface area contributed by atoms with Crippen molar-refractivity contribution in [1.29, 1.82) is 0 Å². The maximum atomic E-state index is 12.9.